The largest absolute Gasteiger partial charge is 0.364 e. The van der Waals surface area contributed by atoms with E-state index in [-0.39, 0.29) is 0 Å². The lowest BCUT2D eigenvalue weighted by Crippen LogP contribution is -2.14. The molecule has 0 spiro atoms. The normalized spacial score (nSPS) is 9.90. The number of methoxy groups -OCH3 is 1. The average Bonchev–Trinajstić information content (AvgIpc) is 2.88. The van der Waals surface area contributed by atoms with Crippen LogP contribution in [0.1, 0.15) is 33.3 Å². The molecule has 3 heteroatoms. The number of hydrogen-bond acceptors (Lipinski definition) is 2. The zero-order valence-corrected chi connectivity index (χ0v) is 14.8. The van der Waals surface area contributed by atoms with Crippen LogP contribution in [0.25, 0.3) is 10.9 Å². The molecule has 21 heavy (non-hydrogen) atoms. The van der Waals surface area contributed by atoms with Crippen molar-refractivity contribution in [3.63, 3.8) is 0 Å². The molecule has 0 N–H and O–H groups in total. The molecule has 0 saturated heterocycles. The van der Waals surface area contributed by atoms with Crippen molar-refractivity contribution in [3.8, 4) is 0 Å². The Morgan fingerprint density at radius 3 is 2.24 bits per heavy atom. The van der Waals surface area contributed by atoms with Crippen molar-refractivity contribution < 1.29 is 4.74 Å². The second-order valence-electron chi connectivity index (χ2n) is 4.61. The van der Waals surface area contributed by atoms with E-state index < -0.39 is 0 Å². The first-order valence-electron chi connectivity index (χ1n) is 7.93. The molecule has 0 aliphatic rings. The standard InChI is InChI=1S/C14H20N2O.2C2H6/c1-15(2)9-8-12-10-16(11-17-3)14-7-5-4-6-13(12)14;2*1-2/h4-7,10H,8-9,11H2,1-3H3;2*1-2H3. The van der Waals surface area contributed by atoms with Gasteiger partial charge in [-0.1, -0.05) is 45.9 Å². The number of rotatable bonds is 5. The van der Waals surface area contributed by atoms with Crippen LogP contribution in [-0.2, 0) is 17.9 Å². The van der Waals surface area contributed by atoms with Gasteiger partial charge in [0.15, 0.2) is 0 Å². The fraction of sp³-hybridized carbons (Fsp3) is 0.556. The van der Waals surface area contributed by atoms with Gasteiger partial charge in [0.05, 0.1) is 5.52 Å². The Morgan fingerprint density at radius 2 is 1.67 bits per heavy atom. The number of aromatic nitrogens is 1. The number of nitrogens with zero attached hydrogens (tertiary/aromatic N) is 2. The van der Waals surface area contributed by atoms with Gasteiger partial charge in [-0.05, 0) is 32.1 Å². The molecule has 3 nitrogen and oxygen atoms in total. The molecule has 0 fully saturated rings. The zero-order valence-electron chi connectivity index (χ0n) is 14.8. The molecule has 0 aliphatic heterocycles. The van der Waals surface area contributed by atoms with Crippen molar-refractivity contribution in [2.45, 2.75) is 40.8 Å². The molecule has 0 aliphatic carbocycles. The van der Waals surface area contributed by atoms with E-state index in [2.05, 4.69) is 54.0 Å². The highest BCUT2D eigenvalue weighted by Gasteiger charge is 2.07. The maximum absolute atomic E-state index is 5.23. The van der Waals surface area contributed by atoms with E-state index in [9.17, 15) is 0 Å². The summed E-state index contributed by atoms with van der Waals surface area (Å²) in [5.41, 5.74) is 2.65. The maximum atomic E-state index is 5.23. The summed E-state index contributed by atoms with van der Waals surface area (Å²) in [6.45, 7) is 9.68. The minimum absolute atomic E-state index is 0.614. The number of likely N-dealkylation sites (N-methyl/N-ethyl adjacent to an activating group) is 1. The lowest BCUT2D eigenvalue weighted by Gasteiger charge is -2.07. The van der Waals surface area contributed by atoms with E-state index in [1.807, 2.05) is 27.7 Å². The fourth-order valence-corrected chi connectivity index (χ4v) is 2.11. The highest BCUT2D eigenvalue weighted by atomic mass is 16.5. The van der Waals surface area contributed by atoms with Gasteiger partial charge in [0, 0.05) is 25.2 Å². The zero-order chi connectivity index (χ0) is 16.3. The van der Waals surface area contributed by atoms with Crippen LogP contribution in [0, 0.1) is 0 Å². The first-order chi connectivity index (χ1) is 10.2. The minimum Gasteiger partial charge on any atom is -0.364 e. The van der Waals surface area contributed by atoms with Gasteiger partial charge >= 0.3 is 0 Å². The van der Waals surface area contributed by atoms with Crippen LogP contribution in [-0.4, -0.2) is 37.2 Å². The molecule has 0 saturated carbocycles. The summed E-state index contributed by atoms with van der Waals surface area (Å²) in [7, 11) is 5.94. The Labute approximate surface area is 130 Å². The number of benzene rings is 1. The Balaban J connectivity index is 0.000000921. The smallest absolute Gasteiger partial charge is 0.122 e. The van der Waals surface area contributed by atoms with E-state index >= 15 is 0 Å². The number of fused-ring (bicyclic) bond motifs is 1. The van der Waals surface area contributed by atoms with Crippen LogP contribution in [0.4, 0.5) is 0 Å². The molecule has 0 atom stereocenters. The third kappa shape index (κ3) is 5.90. The van der Waals surface area contributed by atoms with Crippen molar-refractivity contribution in [2.24, 2.45) is 0 Å². The van der Waals surface area contributed by atoms with Gasteiger partial charge in [0.1, 0.15) is 6.73 Å². The molecule has 1 aromatic heterocycles. The second-order valence-corrected chi connectivity index (χ2v) is 4.61. The summed E-state index contributed by atoms with van der Waals surface area (Å²) >= 11 is 0. The topological polar surface area (TPSA) is 17.4 Å². The summed E-state index contributed by atoms with van der Waals surface area (Å²) < 4.78 is 7.39. The van der Waals surface area contributed by atoms with Crippen LogP contribution < -0.4 is 0 Å². The molecular formula is C18H32N2O. The summed E-state index contributed by atoms with van der Waals surface area (Å²) in [6, 6.07) is 8.50. The van der Waals surface area contributed by atoms with Crippen molar-refractivity contribution in [1.29, 1.82) is 0 Å². The van der Waals surface area contributed by atoms with E-state index in [0.29, 0.717) is 6.73 Å². The van der Waals surface area contributed by atoms with Gasteiger partial charge in [-0.15, -0.1) is 0 Å². The lowest BCUT2D eigenvalue weighted by atomic mass is 10.1. The van der Waals surface area contributed by atoms with Crippen LogP contribution in [0.15, 0.2) is 30.5 Å². The predicted molar refractivity (Wildman–Crippen MR) is 93.9 cm³/mol. The summed E-state index contributed by atoms with van der Waals surface area (Å²) in [5, 5.41) is 1.34. The first kappa shape index (κ1) is 19.7. The second kappa shape index (κ2) is 11.4. The fourth-order valence-electron chi connectivity index (χ4n) is 2.11. The molecule has 0 bridgehead atoms. The SMILES string of the molecule is CC.CC.COCn1cc(CCN(C)C)c2ccccc21. The lowest BCUT2D eigenvalue weighted by molar-refractivity contribution is 0.134. The summed E-state index contributed by atoms with van der Waals surface area (Å²) in [6.07, 6.45) is 3.28. The molecule has 1 aromatic carbocycles. The van der Waals surface area contributed by atoms with E-state index in [0.717, 1.165) is 13.0 Å². The van der Waals surface area contributed by atoms with Crippen LogP contribution in [0.2, 0.25) is 0 Å². The number of hydrogen-bond donors (Lipinski definition) is 0. The van der Waals surface area contributed by atoms with Crippen LogP contribution in [0.3, 0.4) is 0 Å². The number of para-hydroxylation sites is 1. The van der Waals surface area contributed by atoms with E-state index in [1.165, 1.54) is 16.5 Å². The Hall–Kier alpha value is -1.32. The predicted octanol–water partition coefficient (Wildman–Crippen LogP) is 4.40. The quantitative estimate of drug-likeness (QED) is 0.812. The van der Waals surface area contributed by atoms with Gasteiger partial charge in [-0.25, -0.2) is 0 Å². The van der Waals surface area contributed by atoms with E-state index in [4.69, 9.17) is 4.74 Å². The molecule has 2 aromatic rings. The molecule has 120 valence electrons. The highest BCUT2D eigenvalue weighted by Crippen LogP contribution is 2.21. The van der Waals surface area contributed by atoms with Crippen molar-refractivity contribution in [3.05, 3.63) is 36.0 Å². The third-order valence-corrected chi connectivity index (χ3v) is 2.97. The third-order valence-electron chi connectivity index (χ3n) is 2.97. The van der Waals surface area contributed by atoms with Gasteiger partial charge in [0.2, 0.25) is 0 Å². The maximum Gasteiger partial charge on any atom is 0.122 e. The molecule has 2 rings (SSSR count). The van der Waals surface area contributed by atoms with Crippen molar-refractivity contribution in [1.82, 2.24) is 9.47 Å². The highest BCUT2D eigenvalue weighted by molar-refractivity contribution is 5.83. The van der Waals surface area contributed by atoms with Gasteiger partial charge in [0.25, 0.3) is 0 Å². The summed E-state index contributed by atoms with van der Waals surface area (Å²) in [4.78, 5) is 2.21. The Bertz CT molecular complexity index is 489. The molecular weight excluding hydrogens is 260 g/mol. The Kier molecular flexibility index (Phi) is 10.6. The van der Waals surface area contributed by atoms with Crippen LogP contribution in [0.5, 0.6) is 0 Å². The first-order valence-corrected chi connectivity index (χ1v) is 7.93. The monoisotopic (exact) mass is 292 g/mol. The summed E-state index contributed by atoms with van der Waals surface area (Å²) in [5.74, 6) is 0. The average molecular weight is 292 g/mol. The van der Waals surface area contributed by atoms with Gasteiger partial charge in [-0.3, -0.25) is 0 Å². The number of ether oxygens (including phenoxy) is 1. The van der Waals surface area contributed by atoms with Crippen LogP contribution >= 0.6 is 0 Å². The molecule has 1 heterocycles. The minimum atomic E-state index is 0.614. The van der Waals surface area contributed by atoms with Gasteiger partial charge in [-0.2, -0.15) is 0 Å². The van der Waals surface area contributed by atoms with Gasteiger partial charge < -0.3 is 14.2 Å². The molecule has 0 radical (unpaired) electrons. The van der Waals surface area contributed by atoms with E-state index in [1.54, 1.807) is 7.11 Å². The van der Waals surface area contributed by atoms with Crippen molar-refractivity contribution >= 4 is 10.9 Å². The van der Waals surface area contributed by atoms with Crippen molar-refractivity contribution in [2.75, 3.05) is 27.7 Å². The Morgan fingerprint density at radius 1 is 1.05 bits per heavy atom. The molecule has 0 amide bonds. The molecule has 0 unspecified atom stereocenters.